The Hall–Kier alpha value is -2.37. The zero-order valence-corrected chi connectivity index (χ0v) is 10.8. The van der Waals surface area contributed by atoms with Crippen molar-refractivity contribution in [3.05, 3.63) is 35.5 Å². The lowest BCUT2D eigenvalue weighted by Crippen LogP contribution is -2.08. The quantitative estimate of drug-likeness (QED) is 0.412. The van der Waals surface area contributed by atoms with E-state index in [4.69, 9.17) is 10.2 Å². The molecule has 0 aliphatic heterocycles. The van der Waals surface area contributed by atoms with Gasteiger partial charge in [0, 0.05) is 18.1 Å². The minimum absolute atomic E-state index is 0.0226. The van der Waals surface area contributed by atoms with Gasteiger partial charge in [0.25, 0.3) is 0 Å². The molecule has 0 aliphatic rings. The molecule has 0 aromatic heterocycles. The fraction of sp³-hybridized carbons (Fsp3) is 0.308. The standard InChI is InChI=1S/C13H16O6/c1-4-9(7-8(2)13(18)19-3)10(12(16)17)5-6-11(14)15/h5-6H,2,4,7H2,1,3H3,(H,14,15)(H,16,17). The lowest BCUT2D eigenvalue weighted by Gasteiger charge is -2.09. The van der Waals surface area contributed by atoms with Crippen LogP contribution in [0.1, 0.15) is 19.8 Å². The fourth-order valence-electron chi connectivity index (χ4n) is 1.38. The Bertz CT molecular complexity index is 456. The van der Waals surface area contributed by atoms with Crippen LogP contribution >= 0.6 is 0 Å². The summed E-state index contributed by atoms with van der Waals surface area (Å²) in [7, 11) is 1.20. The summed E-state index contributed by atoms with van der Waals surface area (Å²) in [5.41, 5.74) is 0.358. The van der Waals surface area contributed by atoms with Gasteiger partial charge >= 0.3 is 17.9 Å². The molecule has 0 atom stereocenters. The highest BCUT2D eigenvalue weighted by molar-refractivity contribution is 5.94. The summed E-state index contributed by atoms with van der Waals surface area (Å²) in [6.45, 7) is 5.21. The van der Waals surface area contributed by atoms with Crippen LogP contribution in [0, 0.1) is 0 Å². The van der Waals surface area contributed by atoms with Gasteiger partial charge in [0.2, 0.25) is 0 Å². The third-order valence-electron chi connectivity index (χ3n) is 2.33. The molecule has 0 aromatic rings. The summed E-state index contributed by atoms with van der Waals surface area (Å²) in [5.74, 6) is -3.13. The summed E-state index contributed by atoms with van der Waals surface area (Å²) in [5, 5.41) is 17.6. The third kappa shape index (κ3) is 5.67. The molecule has 0 saturated heterocycles. The molecule has 0 fully saturated rings. The van der Waals surface area contributed by atoms with E-state index in [2.05, 4.69) is 11.3 Å². The van der Waals surface area contributed by atoms with E-state index in [1.54, 1.807) is 6.92 Å². The molecule has 0 unspecified atom stereocenters. The SMILES string of the molecule is C=C(CC(CC)=C(C=CC(=O)O)C(=O)O)C(=O)OC. The smallest absolute Gasteiger partial charge is 0.335 e. The van der Waals surface area contributed by atoms with E-state index in [0.717, 1.165) is 12.2 Å². The van der Waals surface area contributed by atoms with E-state index in [-0.39, 0.29) is 17.6 Å². The summed E-state index contributed by atoms with van der Waals surface area (Å²) in [6.07, 6.45) is 2.10. The second kappa shape index (κ2) is 7.86. The van der Waals surface area contributed by atoms with Gasteiger partial charge in [0.1, 0.15) is 0 Å². The van der Waals surface area contributed by atoms with Crippen LogP contribution < -0.4 is 0 Å². The lowest BCUT2D eigenvalue weighted by molar-refractivity contribution is -0.136. The van der Waals surface area contributed by atoms with Gasteiger partial charge in [-0.15, -0.1) is 0 Å². The first-order valence-corrected chi connectivity index (χ1v) is 5.45. The molecular weight excluding hydrogens is 252 g/mol. The van der Waals surface area contributed by atoms with Crippen LogP contribution in [-0.2, 0) is 19.1 Å². The van der Waals surface area contributed by atoms with Crippen LogP contribution in [0.25, 0.3) is 0 Å². The zero-order valence-electron chi connectivity index (χ0n) is 10.8. The van der Waals surface area contributed by atoms with Crippen molar-refractivity contribution in [1.29, 1.82) is 0 Å². The average molecular weight is 268 g/mol. The normalized spacial score (nSPS) is 11.9. The lowest BCUT2D eigenvalue weighted by atomic mass is 9.98. The van der Waals surface area contributed by atoms with E-state index in [9.17, 15) is 14.4 Å². The number of esters is 1. The van der Waals surface area contributed by atoms with E-state index in [1.165, 1.54) is 7.11 Å². The summed E-state index contributed by atoms with van der Waals surface area (Å²) < 4.78 is 4.48. The average Bonchev–Trinajstić information content (AvgIpc) is 2.35. The Morgan fingerprint density at radius 1 is 1.21 bits per heavy atom. The Morgan fingerprint density at radius 2 is 1.79 bits per heavy atom. The number of hydrogen-bond donors (Lipinski definition) is 2. The summed E-state index contributed by atoms with van der Waals surface area (Å²) in [6, 6.07) is 0. The van der Waals surface area contributed by atoms with Crippen LogP contribution in [0.5, 0.6) is 0 Å². The third-order valence-corrected chi connectivity index (χ3v) is 2.33. The Morgan fingerprint density at radius 3 is 2.16 bits per heavy atom. The van der Waals surface area contributed by atoms with Crippen LogP contribution in [0.15, 0.2) is 35.5 Å². The number of methoxy groups -OCH3 is 1. The van der Waals surface area contributed by atoms with Gasteiger partial charge < -0.3 is 14.9 Å². The number of carboxylic acids is 2. The van der Waals surface area contributed by atoms with Crippen molar-refractivity contribution in [1.82, 2.24) is 0 Å². The minimum atomic E-state index is -1.26. The highest BCUT2D eigenvalue weighted by Crippen LogP contribution is 2.19. The number of rotatable bonds is 7. The van der Waals surface area contributed by atoms with Crippen LogP contribution in [0.3, 0.4) is 0 Å². The highest BCUT2D eigenvalue weighted by Gasteiger charge is 2.15. The molecule has 0 spiro atoms. The molecule has 0 heterocycles. The van der Waals surface area contributed by atoms with Gasteiger partial charge in [0.15, 0.2) is 0 Å². The molecule has 0 aliphatic carbocycles. The summed E-state index contributed by atoms with van der Waals surface area (Å²) >= 11 is 0. The van der Waals surface area contributed by atoms with Crippen molar-refractivity contribution >= 4 is 17.9 Å². The fourth-order valence-corrected chi connectivity index (χ4v) is 1.38. The maximum Gasteiger partial charge on any atom is 0.335 e. The maximum atomic E-state index is 11.2. The Balaban J connectivity index is 5.35. The van der Waals surface area contributed by atoms with Crippen molar-refractivity contribution in [2.75, 3.05) is 7.11 Å². The van der Waals surface area contributed by atoms with Gasteiger partial charge in [0.05, 0.1) is 12.7 Å². The van der Waals surface area contributed by atoms with E-state index >= 15 is 0 Å². The molecule has 0 amide bonds. The molecule has 2 N–H and O–H groups in total. The topological polar surface area (TPSA) is 101 Å². The molecule has 19 heavy (non-hydrogen) atoms. The van der Waals surface area contributed by atoms with Crippen molar-refractivity contribution in [2.45, 2.75) is 19.8 Å². The number of ether oxygens (including phenoxy) is 1. The van der Waals surface area contributed by atoms with Gasteiger partial charge in [-0.05, 0) is 12.5 Å². The monoisotopic (exact) mass is 268 g/mol. The molecule has 6 heteroatoms. The Kier molecular flexibility index (Phi) is 6.88. The van der Waals surface area contributed by atoms with Crippen molar-refractivity contribution in [3.63, 3.8) is 0 Å². The van der Waals surface area contributed by atoms with Crippen molar-refractivity contribution < 1.29 is 29.3 Å². The van der Waals surface area contributed by atoms with E-state index < -0.39 is 17.9 Å². The van der Waals surface area contributed by atoms with Crippen molar-refractivity contribution in [2.24, 2.45) is 0 Å². The number of hydrogen-bond acceptors (Lipinski definition) is 4. The molecule has 0 aromatic carbocycles. The van der Waals surface area contributed by atoms with Crippen LogP contribution in [0.4, 0.5) is 0 Å². The Labute approximate surface area is 110 Å². The van der Waals surface area contributed by atoms with Gasteiger partial charge in [-0.3, -0.25) is 0 Å². The highest BCUT2D eigenvalue weighted by atomic mass is 16.5. The predicted molar refractivity (Wildman–Crippen MR) is 67.5 cm³/mol. The van der Waals surface area contributed by atoms with Crippen LogP contribution in [-0.4, -0.2) is 35.2 Å². The van der Waals surface area contributed by atoms with Crippen LogP contribution in [0.2, 0.25) is 0 Å². The zero-order chi connectivity index (χ0) is 15.0. The number of allylic oxidation sites excluding steroid dienone is 1. The molecule has 6 nitrogen and oxygen atoms in total. The first-order valence-electron chi connectivity index (χ1n) is 5.45. The van der Waals surface area contributed by atoms with Gasteiger partial charge in [-0.1, -0.05) is 19.1 Å². The summed E-state index contributed by atoms with van der Waals surface area (Å²) in [4.78, 5) is 32.7. The number of carbonyl (C=O) groups excluding carboxylic acids is 1. The van der Waals surface area contributed by atoms with Crippen molar-refractivity contribution in [3.8, 4) is 0 Å². The maximum absolute atomic E-state index is 11.2. The molecule has 0 saturated carbocycles. The number of carboxylic acid groups (broad SMARTS) is 2. The van der Waals surface area contributed by atoms with E-state index in [1.807, 2.05) is 0 Å². The molecule has 0 rings (SSSR count). The molecule has 0 bridgehead atoms. The molecular formula is C13H16O6. The number of aliphatic carboxylic acids is 2. The first-order chi connectivity index (χ1) is 8.83. The van der Waals surface area contributed by atoms with Gasteiger partial charge in [-0.2, -0.15) is 0 Å². The van der Waals surface area contributed by atoms with Gasteiger partial charge in [-0.25, -0.2) is 14.4 Å². The predicted octanol–water partition coefficient (Wildman–Crippen LogP) is 1.54. The second-order valence-corrected chi connectivity index (χ2v) is 3.62. The second-order valence-electron chi connectivity index (χ2n) is 3.62. The minimum Gasteiger partial charge on any atom is -0.478 e. The van der Waals surface area contributed by atoms with E-state index in [0.29, 0.717) is 12.0 Å². The largest absolute Gasteiger partial charge is 0.478 e. The molecule has 104 valence electrons. The first kappa shape index (κ1) is 16.6. The molecule has 0 radical (unpaired) electrons. The number of carbonyl (C=O) groups is 3.